The van der Waals surface area contributed by atoms with Gasteiger partial charge in [-0.2, -0.15) is 5.10 Å². The second kappa shape index (κ2) is 7.43. The summed E-state index contributed by atoms with van der Waals surface area (Å²) in [6.07, 6.45) is 1.42. The predicted octanol–water partition coefficient (Wildman–Crippen LogP) is 0.900. The van der Waals surface area contributed by atoms with Gasteiger partial charge >= 0.3 is 5.97 Å². The number of aryl methyl sites for hydroxylation is 2. The van der Waals surface area contributed by atoms with E-state index in [2.05, 4.69) is 10.1 Å². The van der Waals surface area contributed by atoms with Crippen LogP contribution >= 0.6 is 0 Å². The monoisotopic (exact) mass is 344 g/mol. The van der Waals surface area contributed by atoms with Crippen molar-refractivity contribution in [3.63, 3.8) is 0 Å². The van der Waals surface area contributed by atoms with Gasteiger partial charge in [0.05, 0.1) is 24.5 Å². The van der Waals surface area contributed by atoms with Gasteiger partial charge < -0.3 is 14.4 Å². The minimum atomic E-state index is -0.575. The van der Waals surface area contributed by atoms with E-state index in [1.54, 1.807) is 21.7 Å². The second-order valence-corrected chi connectivity index (χ2v) is 5.81. The van der Waals surface area contributed by atoms with Gasteiger partial charge in [0.15, 0.2) is 12.4 Å². The Morgan fingerprint density at radius 1 is 1.24 bits per heavy atom. The predicted molar refractivity (Wildman–Crippen MR) is 88.5 cm³/mol. The summed E-state index contributed by atoms with van der Waals surface area (Å²) in [4.78, 5) is 29.9. The van der Waals surface area contributed by atoms with Crippen LogP contribution in [0.3, 0.4) is 0 Å². The zero-order valence-electron chi connectivity index (χ0n) is 14.3. The number of rotatable bonds is 4. The summed E-state index contributed by atoms with van der Waals surface area (Å²) in [6, 6.07) is 5.25. The highest BCUT2D eigenvalue weighted by Crippen LogP contribution is 2.11. The molecule has 1 amide bonds. The first-order valence-corrected chi connectivity index (χ1v) is 8.07. The number of carbonyl (C=O) groups excluding carboxylic acids is 2. The Morgan fingerprint density at radius 3 is 2.60 bits per heavy atom. The van der Waals surface area contributed by atoms with Crippen molar-refractivity contribution >= 4 is 11.9 Å². The van der Waals surface area contributed by atoms with Crippen molar-refractivity contribution in [3.8, 4) is 5.82 Å². The Labute approximate surface area is 145 Å². The maximum absolute atomic E-state index is 12.1. The summed E-state index contributed by atoms with van der Waals surface area (Å²) in [5.41, 5.74) is 2.14. The SMILES string of the molecule is Cc1cc(C)n(-c2ccc(C(=O)OCC(=O)N3CCOCC3)cn2)n1. The third-order valence-electron chi connectivity index (χ3n) is 3.90. The molecule has 0 bridgehead atoms. The molecule has 3 rings (SSSR count). The van der Waals surface area contributed by atoms with Crippen molar-refractivity contribution in [2.45, 2.75) is 13.8 Å². The summed E-state index contributed by atoms with van der Waals surface area (Å²) >= 11 is 0. The van der Waals surface area contributed by atoms with Crippen LogP contribution in [0, 0.1) is 13.8 Å². The number of aromatic nitrogens is 3. The first kappa shape index (κ1) is 17.1. The average Bonchev–Trinajstić information content (AvgIpc) is 2.98. The van der Waals surface area contributed by atoms with Crippen molar-refractivity contribution in [3.05, 3.63) is 41.3 Å². The maximum Gasteiger partial charge on any atom is 0.340 e. The zero-order chi connectivity index (χ0) is 17.8. The van der Waals surface area contributed by atoms with Gasteiger partial charge in [-0.25, -0.2) is 14.5 Å². The van der Waals surface area contributed by atoms with E-state index in [-0.39, 0.29) is 12.5 Å². The number of hydrogen-bond donors (Lipinski definition) is 0. The Bertz CT molecular complexity index is 763. The molecule has 132 valence electrons. The summed E-state index contributed by atoms with van der Waals surface area (Å²) in [6.45, 7) is 5.62. The topological polar surface area (TPSA) is 86.5 Å². The number of nitrogens with zero attached hydrogens (tertiary/aromatic N) is 4. The quantitative estimate of drug-likeness (QED) is 0.766. The van der Waals surface area contributed by atoms with Crippen LogP contribution in [0.1, 0.15) is 21.7 Å². The van der Waals surface area contributed by atoms with Gasteiger partial charge in [-0.05, 0) is 32.0 Å². The van der Waals surface area contributed by atoms with Crippen LogP contribution in [-0.4, -0.2) is 64.5 Å². The van der Waals surface area contributed by atoms with E-state index >= 15 is 0 Å². The molecule has 25 heavy (non-hydrogen) atoms. The first-order chi connectivity index (χ1) is 12.0. The summed E-state index contributed by atoms with van der Waals surface area (Å²) in [7, 11) is 0. The molecule has 0 radical (unpaired) electrons. The van der Waals surface area contributed by atoms with Gasteiger partial charge in [-0.1, -0.05) is 0 Å². The van der Waals surface area contributed by atoms with E-state index in [0.717, 1.165) is 11.4 Å². The average molecular weight is 344 g/mol. The van der Waals surface area contributed by atoms with E-state index in [4.69, 9.17) is 9.47 Å². The fraction of sp³-hybridized carbons (Fsp3) is 0.412. The molecule has 1 aliphatic rings. The van der Waals surface area contributed by atoms with Crippen molar-refractivity contribution in [1.29, 1.82) is 0 Å². The van der Waals surface area contributed by atoms with Gasteiger partial charge in [0.2, 0.25) is 0 Å². The van der Waals surface area contributed by atoms with E-state index in [9.17, 15) is 9.59 Å². The molecular weight excluding hydrogens is 324 g/mol. The number of ether oxygens (including phenoxy) is 2. The normalized spacial score (nSPS) is 14.4. The molecule has 1 fully saturated rings. The highest BCUT2D eigenvalue weighted by atomic mass is 16.5. The first-order valence-electron chi connectivity index (χ1n) is 8.07. The molecule has 0 atom stereocenters. The van der Waals surface area contributed by atoms with Crippen molar-refractivity contribution in [1.82, 2.24) is 19.7 Å². The van der Waals surface area contributed by atoms with Gasteiger partial charge in [0.1, 0.15) is 0 Å². The molecule has 1 aliphatic heterocycles. The molecule has 2 aromatic heterocycles. The maximum atomic E-state index is 12.1. The Balaban J connectivity index is 1.59. The minimum Gasteiger partial charge on any atom is -0.452 e. The molecule has 8 nitrogen and oxygen atoms in total. The van der Waals surface area contributed by atoms with Crippen LogP contribution in [0.4, 0.5) is 0 Å². The molecular formula is C17H20N4O4. The number of carbonyl (C=O) groups is 2. The summed E-state index contributed by atoms with van der Waals surface area (Å²) in [5.74, 6) is -0.176. The Hall–Kier alpha value is -2.74. The van der Waals surface area contributed by atoms with Crippen molar-refractivity contribution < 1.29 is 19.1 Å². The molecule has 0 unspecified atom stereocenters. The summed E-state index contributed by atoms with van der Waals surface area (Å²) < 4.78 is 12.0. The standard InChI is InChI=1S/C17H20N4O4/c1-12-9-13(2)21(19-12)15-4-3-14(10-18-15)17(23)25-11-16(22)20-5-7-24-8-6-20/h3-4,9-10H,5-8,11H2,1-2H3. The van der Waals surface area contributed by atoms with E-state index in [1.807, 2.05) is 19.9 Å². The van der Waals surface area contributed by atoms with Crippen molar-refractivity contribution in [2.24, 2.45) is 0 Å². The highest BCUT2D eigenvalue weighted by Gasteiger charge is 2.19. The van der Waals surface area contributed by atoms with Crippen molar-refractivity contribution in [2.75, 3.05) is 32.9 Å². The molecule has 0 N–H and O–H groups in total. The van der Waals surface area contributed by atoms with Gasteiger partial charge in [-0.3, -0.25) is 4.79 Å². The lowest BCUT2D eigenvalue weighted by molar-refractivity contribution is -0.138. The van der Waals surface area contributed by atoms with Gasteiger partial charge in [0, 0.05) is 25.0 Å². The van der Waals surface area contributed by atoms with Crippen LogP contribution in [0.25, 0.3) is 5.82 Å². The molecule has 2 aromatic rings. The third kappa shape index (κ3) is 4.03. The molecule has 0 saturated carbocycles. The number of pyridine rings is 1. The number of esters is 1. The number of hydrogen-bond acceptors (Lipinski definition) is 6. The second-order valence-electron chi connectivity index (χ2n) is 5.81. The fourth-order valence-corrected chi connectivity index (χ4v) is 2.61. The smallest absolute Gasteiger partial charge is 0.340 e. The molecule has 8 heteroatoms. The third-order valence-corrected chi connectivity index (χ3v) is 3.90. The zero-order valence-corrected chi connectivity index (χ0v) is 14.3. The molecule has 0 aliphatic carbocycles. The van der Waals surface area contributed by atoms with Crippen LogP contribution < -0.4 is 0 Å². The Morgan fingerprint density at radius 2 is 2.00 bits per heavy atom. The minimum absolute atomic E-state index is 0.219. The molecule has 0 aromatic carbocycles. The lowest BCUT2D eigenvalue weighted by Crippen LogP contribution is -2.42. The molecule has 3 heterocycles. The van der Waals surface area contributed by atoms with E-state index in [1.165, 1.54) is 6.20 Å². The van der Waals surface area contributed by atoms with Crippen LogP contribution in [0.2, 0.25) is 0 Å². The van der Waals surface area contributed by atoms with E-state index < -0.39 is 5.97 Å². The summed E-state index contributed by atoms with van der Waals surface area (Å²) in [5, 5.41) is 4.34. The number of morpholine rings is 1. The van der Waals surface area contributed by atoms with Crippen LogP contribution in [0.5, 0.6) is 0 Å². The lowest BCUT2D eigenvalue weighted by atomic mass is 10.3. The Kier molecular flexibility index (Phi) is 5.08. The number of amides is 1. The largest absolute Gasteiger partial charge is 0.452 e. The van der Waals surface area contributed by atoms with Crippen LogP contribution in [0.15, 0.2) is 24.4 Å². The van der Waals surface area contributed by atoms with Crippen LogP contribution in [-0.2, 0) is 14.3 Å². The van der Waals surface area contributed by atoms with Gasteiger partial charge in [0.25, 0.3) is 5.91 Å². The molecule has 1 saturated heterocycles. The lowest BCUT2D eigenvalue weighted by Gasteiger charge is -2.26. The fourth-order valence-electron chi connectivity index (χ4n) is 2.61. The highest BCUT2D eigenvalue weighted by molar-refractivity contribution is 5.91. The van der Waals surface area contributed by atoms with E-state index in [0.29, 0.717) is 37.7 Å². The van der Waals surface area contributed by atoms with Gasteiger partial charge in [-0.15, -0.1) is 0 Å². The molecule has 0 spiro atoms.